The number of hydrazine groups is 1. The third-order valence-electron chi connectivity index (χ3n) is 4.78. The summed E-state index contributed by atoms with van der Waals surface area (Å²) in [5, 5.41) is 15.9. The molecule has 0 aliphatic carbocycles. The standard InChI is InChI=1S/C17H23F3N4O3/c18-17(19,20)10-2-1-3-12(6-10)27-9-11(25)7-22-16(26)15-13-8-21-5-4-14(13)23-24-15/h1-3,6,11,13-15,21,23-25H,4-5,7-9H2,(H,22,26). The van der Waals surface area contributed by atoms with Crippen LogP contribution < -0.4 is 26.2 Å². The van der Waals surface area contributed by atoms with Gasteiger partial charge in [0.05, 0.1) is 5.56 Å². The van der Waals surface area contributed by atoms with E-state index in [4.69, 9.17) is 4.74 Å². The number of hydrogen-bond acceptors (Lipinski definition) is 6. The average molecular weight is 388 g/mol. The molecular weight excluding hydrogens is 365 g/mol. The Morgan fingerprint density at radius 3 is 2.96 bits per heavy atom. The number of amides is 1. The highest BCUT2D eigenvalue weighted by molar-refractivity contribution is 5.82. The lowest BCUT2D eigenvalue weighted by molar-refractivity contribution is -0.137. The number of nitrogens with one attached hydrogen (secondary N) is 4. The zero-order valence-electron chi connectivity index (χ0n) is 14.6. The predicted molar refractivity (Wildman–Crippen MR) is 90.8 cm³/mol. The molecule has 4 unspecified atom stereocenters. The fourth-order valence-corrected chi connectivity index (χ4v) is 3.32. The largest absolute Gasteiger partial charge is 0.491 e. The van der Waals surface area contributed by atoms with Gasteiger partial charge in [0.1, 0.15) is 24.5 Å². The summed E-state index contributed by atoms with van der Waals surface area (Å²) in [5.74, 6) is -0.109. The van der Waals surface area contributed by atoms with E-state index >= 15 is 0 Å². The van der Waals surface area contributed by atoms with Crippen molar-refractivity contribution in [3.8, 4) is 5.75 Å². The second-order valence-corrected chi connectivity index (χ2v) is 6.77. The maximum Gasteiger partial charge on any atom is 0.416 e. The van der Waals surface area contributed by atoms with E-state index in [0.29, 0.717) is 0 Å². The number of piperidine rings is 1. The Balaban J connectivity index is 1.43. The molecule has 2 aliphatic heterocycles. The van der Waals surface area contributed by atoms with Gasteiger partial charge in [-0.15, -0.1) is 0 Å². The SMILES string of the molecule is O=C(NCC(O)COc1cccc(C(F)(F)F)c1)C1NNC2CCNCC21. The van der Waals surface area contributed by atoms with E-state index in [2.05, 4.69) is 21.5 Å². The molecule has 0 bridgehead atoms. The van der Waals surface area contributed by atoms with Crippen LogP contribution in [0.1, 0.15) is 12.0 Å². The smallest absolute Gasteiger partial charge is 0.416 e. The van der Waals surface area contributed by atoms with Gasteiger partial charge in [0.15, 0.2) is 0 Å². The summed E-state index contributed by atoms with van der Waals surface area (Å²) in [6, 6.07) is 4.26. The van der Waals surface area contributed by atoms with E-state index in [1.807, 2.05) is 0 Å². The van der Waals surface area contributed by atoms with Gasteiger partial charge in [0.25, 0.3) is 0 Å². The number of fused-ring (bicyclic) bond motifs is 1. The van der Waals surface area contributed by atoms with Gasteiger partial charge in [-0.3, -0.25) is 10.2 Å². The number of hydrogen-bond donors (Lipinski definition) is 5. The number of carbonyl (C=O) groups is 1. The van der Waals surface area contributed by atoms with Crippen molar-refractivity contribution in [3.05, 3.63) is 29.8 Å². The molecule has 1 aromatic rings. The third kappa shape index (κ3) is 5.10. The van der Waals surface area contributed by atoms with Crippen LogP contribution in [-0.4, -0.2) is 55.4 Å². The quantitative estimate of drug-likeness (QED) is 0.472. The molecule has 2 saturated heterocycles. The topological polar surface area (TPSA) is 94.7 Å². The van der Waals surface area contributed by atoms with Crippen molar-refractivity contribution in [2.45, 2.75) is 30.8 Å². The fourth-order valence-electron chi connectivity index (χ4n) is 3.32. The molecule has 0 saturated carbocycles. The van der Waals surface area contributed by atoms with E-state index in [-0.39, 0.29) is 36.8 Å². The first-order valence-electron chi connectivity index (χ1n) is 8.82. The minimum absolute atomic E-state index is 0.00739. The first-order valence-corrected chi connectivity index (χ1v) is 8.82. The van der Waals surface area contributed by atoms with Crippen LogP contribution in [-0.2, 0) is 11.0 Å². The van der Waals surface area contributed by atoms with E-state index < -0.39 is 23.9 Å². The second-order valence-electron chi connectivity index (χ2n) is 6.77. The van der Waals surface area contributed by atoms with Crippen molar-refractivity contribution in [2.24, 2.45) is 5.92 Å². The van der Waals surface area contributed by atoms with Crippen molar-refractivity contribution in [3.63, 3.8) is 0 Å². The molecule has 7 nitrogen and oxygen atoms in total. The van der Waals surface area contributed by atoms with E-state index in [9.17, 15) is 23.1 Å². The van der Waals surface area contributed by atoms with Crippen molar-refractivity contribution >= 4 is 5.91 Å². The van der Waals surface area contributed by atoms with Gasteiger partial charge in [0, 0.05) is 25.0 Å². The Bertz CT molecular complexity index is 659. The lowest BCUT2D eigenvalue weighted by Crippen LogP contribution is -2.50. The molecule has 1 amide bonds. The monoisotopic (exact) mass is 388 g/mol. The normalized spacial score (nSPS) is 26.3. The average Bonchev–Trinajstić information content (AvgIpc) is 3.08. The number of aliphatic hydroxyl groups is 1. The van der Waals surface area contributed by atoms with Crippen LogP contribution in [0.25, 0.3) is 0 Å². The molecule has 4 atom stereocenters. The molecule has 2 aliphatic rings. The zero-order chi connectivity index (χ0) is 19.4. The van der Waals surface area contributed by atoms with Crippen LogP contribution >= 0.6 is 0 Å². The zero-order valence-corrected chi connectivity index (χ0v) is 14.6. The molecule has 0 radical (unpaired) electrons. The number of carbonyl (C=O) groups excluding carboxylic acids is 1. The number of benzene rings is 1. The minimum Gasteiger partial charge on any atom is -0.491 e. The molecule has 0 spiro atoms. The third-order valence-corrected chi connectivity index (χ3v) is 4.78. The molecule has 0 aromatic heterocycles. The summed E-state index contributed by atoms with van der Waals surface area (Å²) < 4.78 is 43.2. The highest BCUT2D eigenvalue weighted by Gasteiger charge is 2.41. The van der Waals surface area contributed by atoms with Gasteiger partial charge in [0.2, 0.25) is 5.91 Å². The number of rotatable bonds is 6. The van der Waals surface area contributed by atoms with Crippen molar-refractivity contribution in [1.29, 1.82) is 0 Å². The summed E-state index contributed by atoms with van der Waals surface area (Å²) in [6.07, 6.45) is -4.58. The molecule has 2 heterocycles. The van der Waals surface area contributed by atoms with Gasteiger partial charge in [-0.05, 0) is 31.2 Å². The van der Waals surface area contributed by atoms with Gasteiger partial charge in [-0.1, -0.05) is 6.07 Å². The Hall–Kier alpha value is -1.88. The maximum absolute atomic E-state index is 12.7. The van der Waals surface area contributed by atoms with Gasteiger partial charge < -0.3 is 20.5 Å². The highest BCUT2D eigenvalue weighted by atomic mass is 19.4. The first-order chi connectivity index (χ1) is 12.8. The van der Waals surface area contributed by atoms with E-state index in [1.54, 1.807) is 0 Å². The molecule has 1 aromatic carbocycles. The number of aliphatic hydroxyl groups excluding tert-OH is 1. The van der Waals surface area contributed by atoms with E-state index in [0.717, 1.165) is 31.6 Å². The highest BCUT2D eigenvalue weighted by Crippen LogP contribution is 2.31. The number of halogens is 3. The van der Waals surface area contributed by atoms with E-state index in [1.165, 1.54) is 12.1 Å². The lowest BCUT2D eigenvalue weighted by atomic mass is 9.89. The summed E-state index contributed by atoms with van der Waals surface area (Å²) in [5.41, 5.74) is 5.27. The Morgan fingerprint density at radius 2 is 2.19 bits per heavy atom. The van der Waals surface area contributed by atoms with Crippen LogP contribution in [0.4, 0.5) is 13.2 Å². The fraction of sp³-hybridized carbons (Fsp3) is 0.588. The summed E-state index contributed by atoms with van der Waals surface area (Å²) in [4.78, 5) is 12.3. The molecule has 2 fully saturated rings. The summed E-state index contributed by atoms with van der Waals surface area (Å²) in [6.45, 7) is 1.34. The van der Waals surface area contributed by atoms with Crippen LogP contribution in [0, 0.1) is 5.92 Å². The number of ether oxygens (including phenoxy) is 1. The maximum atomic E-state index is 12.7. The molecule has 150 valence electrons. The van der Waals surface area contributed by atoms with Crippen LogP contribution in [0.3, 0.4) is 0 Å². The summed E-state index contributed by atoms with van der Waals surface area (Å²) in [7, 11) is 0. The van der Waals surface area contributed by atoms with Crippen LogP contribution in [0.15, 0.2) is 24.3 Å². The molecule has 5 N–H and O–H groups in total. The molecule has 27 heavy (non-hydrogen) atoms. The molecule has 10 heteroatoms. The first kappa shape index (κ1) is 19.9. The Labute approximate surface area is 154 Å². The Morgan fingerprint density at radius 1 is 1.37 bits per heavy atom. The predicted octanol–water partition coefficient (Wildman–Crippen LogP) is 0.0158. The summed E-state index contributed by atoms with van der Waals surface area (Å²) >= 11 is 0. The van der Waals surface area contributed by atoms with Crippen molar-refractivity contribution in [1.82, 2.24) is 21.5 Å². The second kappa shape index (κ2) is 8.42. The Kier molecular flexibility index (Phi) is 6.20. The van der Waals surface area contributed by atoms with Crippen LogP contribution in [0.2, 0.25) is 0 Å². The van der Waals surface area contributed by atoms with Gasteiger partial charge >= 0.3 is 6.18 Å². The van der Waals surface area contributed by atoms with Gasteiger partial charge in [-0.25, -0.2) is 5.43 Å². The van der Waals surface area contributed by atoms with Crippen molar-refractivity contribution < 1.29 is 27.8 Å². The number of alkyl halides is 3. The molecular formula is C17H23F3N4O3. The molecule has 3 rings (SSSR count). The van der Waals surface area contributed by atoms with Crippen molar-refractivity contribution in [2.75, 3.05) is 26.2 Å². The van der Waals surface area contributed by atoms with Crippen LogP contribution in [0.5, 0.6) is 5.75 Å². The van der Waals surface area contributed by atoms with Gasteiger partial charge in [-0.2, -0.15) is 13.2 Å². The lowest BCUT2D eigenvalue weighted by Gasteiger charge is -2.27. The minimum atomic E-state index is -4.46.